The van der Waals surface area contributed by atoms with Crippen molar-refractivity contribution in [2.75, 3.05) is 6.54 Å². The quantitative estimate of drug-likeness (QED) is 0.702. The number of phenolic OH excluding ortho intramolecular Hbond substituents is 1. The topological polar surface area (TPSA) is 75.3 Å². The molecule has 88 valence electrons. The number of rotatable bonds is 5. The van der Waals surface area contributed by atoms with E-state index in [1.165, 1.54) is 12.1 Å². The van der Waals surface area contributed by atoms with Gasteiger partial charge in [-0.2, -0.15) is 0 Å². The van der Waals surface area contributed by atoms with Gasteiger partial charge in [0.05, 0.1) is 0 Å². The lowest BCUT2D eigenvalue weighted by Gasteiger charge is -2.14. The highest BCUT2D eigenvalue weighted by atomic mass is 19.1. The zero-order valence-corrected chi connectivity index (χ0v) is 9.03. The van der Waals surface area contributed by atoms with E-state index in [2.05, 4.69) is 5.32 Å². The van der Waals surface area contributed by atoms with Crippen LogP contribution in [0, 0.1) is 5.82 Å². The third-order valence-electron chi connectivity index (χ3n) is 2.27. The van der Waals surface area contributed by atoms with E-state index in [0.29, 0.717) is 12.1 Å². The first-order chi connectivity index (χ1) is 7.50. The van der Waals surface area contributed by atoms with Gasteiger partial charge in [-0.3, -0.25) is 4.79 Å². The van der Waals surface area contributed by atoms with E-state index in [4.69, 9.17) is 10.8 Å². The van der Waals surface area contributed by atoms with E-state index < -0.39 is 11.7 Å². The van der Waals surface area contributed by atoms with E-state index in [1.54, 1.807) is 6.92 Å². The number of carbonyl (C=O) groups is 1. The molecule has 1 aromatic carbocycles. The van der Waals surface area contributed by atoms with Gasteiger partial charge < -0.3 is 16.2 Å². The summed E-state index contributed by atoms with van der Waals surface area (Å²) in [7, 11) is 0. The summed E-state index contributed by atoms with van der Waals surface area (Å²) in [5, 5.41) is 12.0. The van der Waals surface area contributed by atoms with Crippen molar-refractivity contribution in [2.24, 2.45) is 5.73 Å². The molecule has 0 aromatic heterocycles. The van der Waals surface area contributed by atoms with Gasteiger partial charge in [-0.05, 0) is 13.0 Å². The largest absolute Gasteiger partial charge is 0.508 e. The summed E-state index contributed by atoms with van der Waals surface area (Å²) in [4.78, 5) is 10.5. The minimum atomic E-state index is -0.473. The molecule has 5 heteroatoms. The first kappa shape index (κ1) is 12.4. The Bertz CT molecular complexity index is 382. The predicted octanol–water partition coefficient (Wildman–Crippen LogP) is 1.06. The second-order valence-corrected chi connectivity index (χ2v) is 3.60. The van der Waals surface area contributed by atoms with Crippen LogP contribution in [0.15, 0.2) is 18.2 Å². The molecule has 0 fully saturated rings. The van der Waals surface area contributed by atoms with Crippen molar-refractivity contribution in [1.82, 2.24) is 5.32 Å². The molecule has 1 atom stereocenters. The third-order valence-corrected chi connectivity index (χ3v) is 2.27. The van der Waals surface area contributed by atoms with Gasteiger partial charge in [0.1, 0.15) is 11.6 Å². The molecule has 0 heterocycles. The highest BCUT2D eigenvalue weighted by Crippen LogP contribution is 2.20. The van der Waals surface area contributed by atoms with E-state index in [9.17, 15) is 9.18 Å². The molecule has 0 spiro atoms. The van der Waals surface area contributed by atoms with Crippen LogP contribution in [-0.2, 0) is 4.79 Å². The van der Waals surface area contributed by atoms with Crippen LogP contribution in [0.4, 0.5) is 4.39 Å². The fourth-order valence-corrected chi connectivity index (χ4v) is 1.39. The summed E-state index contributed by atoms with van der Waals surface area (Å²) >= 11 is 0. The first-order valence-electron chi connectivity index (χ1n) is 5.01. The van der Waals surface area contributed by atoms with Gasteiger partial charge >= 0.3 is 0 Å². The SMILES string of the molecule is CC(NCCC(N)=O)c1ccc(O)cc1F. The lowest BCUT2D eigenvalue weighted by Crippen LogP contribution is -2.25. The number of nitrogens with two attached hydrogens (primary N) is 1. The molecule has 1 unspecified atom stereocenters. The summed E-state index contributed by atoms with van der Waals surface area (Å²) in [5.41, 5.74) is 5.43. The number of benzene rings is 1. The molecule has 0 aliphatic rings. The summed E-state index contributed by atoms with van der Waals surface area (Å²) < 4.78 is 13.4. The fourth-order valence-electron chi connectivity index (χ4n) is 1.39. The number of aromatic hydroxyl groups is 1. The molecule has 4 N–H and O–H groups in total. The van der Waals surface area contributed by atoms with Crippen molar-refractivity contribution in [3.05, 3.63) is 29.6 Å². The Morgan fingerprint density at radius 2 is 2.31 bits per heavy atom. The van der Waals surface area contributed by atoms with E-state index >= 15 is 0 Å². The lowest BCUT2D eigenvalue weighted by atomic mass is 10.1. The van der Waals surface area contributed by atoms with Crippen molar-refractivity contribution < 1.29 is 14.3 Å². The average molecular weight is 226 g/mol. The Balaban J connectivity index is 2.58. The summed E-state index contributed by atoms with van der Waals surface area (Å²) in [6.07, 6.45) is 0.212. The number of halogens is 1. The fraction of sp³-hybridized carbons (Fsp3) is 0.364. The normalized spacial score (nSPS) is 12.4. The van der Waals surface area contributed by atoms with Crippen LogP contribution >= 0.6 is 0 Å². The van der Waals surface area contributed by atoms with Crippen molar-refractivity contribution >= 4 is 5.91 Å². The Morgan fingerprint density at radius 3 is 2.88 bits per heavy atom. The molecule has 4 nitrogen and oxygen atoms in total. The van der Waals surface area contributed by atoms with E-state index in [1.807, 2.05) is 0 Å². The highest BCUT2D eigenvalue weighted by molar-refractivity contribution is 5.73. The summed E-state index contributed by atoms with van der Waals surface area (Å²) in [5.74, 6) is -0.976. The molecule has 1 amide bonds. The van der Waals surface area contributed by atoms with Gasteiger partial charge in [0.25, 0.3) is 0 Å². The molecule has 1 rings (SSSR count). The molecule has 0 aliphatic heterocycles. The van der Waals surface area contributed by atoms with Crippen LogP contribution in [0.3, 0.4) is 0 Å². The standard InChI is InChI=1S/C11H15FN2O2/c1-7(14-5-4-11(13)16)9-3-2-8(15)6-10(9)12/h2-3,6-7,14-15H,4-5H2,1H3,(H2,13,16). The van der Waals surface area contributed by atoms with Gasteiger partial charge in [-0.25, -0.2) is 4.39 Å². The van der Waals surface area contributed by atoms with Crippen LogP contribution in [-0.4, -0.2) is 17.6 Å². The average Bonchev–Trinajstić information content (AvgIpc) is 2.16. The minimum absolute atomic E-state index is 0.106. The van der Waals surface area contributed by atoms with Gasteiger partial charge in [0.15, 0.2) is 0 Å². The predicted molar refractivity (Wildman–Crippen MR) is 58.3 cm³/mol. The molecule has 0 saturated carbocycles. The van der Waals surface area contributed by atoms with Gasteiger partial charge in [-0.1, -0.05) is 6.07 Å². The molecule has 16 heavy (non-hydrogen) atoms. The smallest absolute Gasteiger partial charge is 0.218 e. The zero-order chi connectivity index (χ0) is 12.1. The van der Waals surface area contributed by atoms with Crippen LogP contribution < -0.4 is 11.1 Å². The van der Waals surface area contributed by atoms with Crippen molar-refractivity contribution in [1.29, 1.82) is 0 Å². The Morgan fingerprint density at radius 1 is 1.62 bits per heavy atom. The van der Waals surface area contributed by atoms with Crippen molar-refractivity contribution in [3.8, 4) is 5.75 Å². The molecular formula is C11H15FN2O2. The van der Waals surface area contributed by atoms with E-state index in [-0.39, 0.29) is 18.2 Å². The van der Waals surface area contributed by atoms with Crippen molar-refractivity contribution in [2.45, 2.75) is 19.4 Å². The summed E-state index contributed by atoms with van der Waals surface area (Å²) in [6.45, 7) is 2.17. The Kier molecular flexibility index (Phi) is 4.25. The number of primary amides is 1. The van der Waals surface area contributed by atoms with Gasteiger partial charge in [0.2, 0.25) is 5.91 Å². The van der Waals surface area contributed by atoms with E-state index in [0.717, 1.165) is 6.07 Å². The Labute approximate surface area is 93.3 Å². The maximum absolute atomic E-state index is 13.4. The highest BCUT2D eigenvalue weighted by Gasteiger charge is 2.10. The number of hydrogen-bond donors (Lipinski definition) is 3. The maximum Gasteiger partial charge on any atom is 0.218 e. The zero-order valence-electron chi connectivity index (χ0n) is 9.03. The summed E-state index contributed by atoms with van der Waals surface area (Å²) in [6, 6.07) is 3.75. The number of nitrogens with one attached hydrogen (secondary N) is 1. The molecule has 0 aliphatic carbocycles. The molecule has 0 radical (unpaired) electrons. The first-order valence-corrected chi connectivity index (χ1v) is 5.01. The molecule has 1 aromatic rings. The van der Waals surface area contributed by atoms with Crippen LogP contribution in [0.1, 0.15) is 24.9 Å². The number of phenols is 1. The van der Waals surface area contributed by atoms with Crippen LogP contribution in [0.25, 0.3) is 0 Å². The van der Waals surface area contributed by atoms with Crippen LogP contribution in [0.2, 0.25) is 0 Å². The minimum Gasteiger partial charge on any atom is -0.508 e. The second kappa shape index (κ2) is 5.46. The molecule has 0 bridgehead atoms. The Hall–Kier alpha value is -1.62. The van der Waals surface area contributed by atoms with Crippen LogP contribution in [0.5, 0.6) is 5.75 Å². The van der Waals surface area contributed by atoms with Crippen molar-refractivity contribution in [3.63, 3.8) is 0 Å². The van der Waals surface area contributed by atoms with Gasteiger partial charge in [-0.15, -0.1) is 0 Å². The number of carbonyl (C=O) groups excluding carboxylic acids is 1. The maximum atomic E-state index is 13.4. The monoisotopic (exact) mass is 226 g/mol. The second-order valence-electron chi connectivity index (χ2n) is 3.60. The molecule has 0 saturated heterocycles. The third kappa shape index (κ3) is 3.51. The number of hydrogen-bond acceptors (Lipinski definition) is 3. The van der Waals surface area contributed by atoms with Gasteiger partial charge in [0, 0.05) is 30.6 Å². The number of amides is 1. The lowest BCUT2D eigenvalue weighted by molar-refractivity contribution is -0.117. The molecular weight excluding hydrogens is 211 g/mol.